The number of hydrogen-bond donors (Lipinski definition) is 2. The zero-order valence-corrected chi connectivity index (χ0v) is 14.2. The number of aliphatic carboxylic acids is 1. The summed E-state index contributed by atoms with van der Waals surface area (Å²) in [5, 5.41) is 9.30. The third-order valence-electron chi connectivity index (χ3n) is 4.30. The van der Waals surface area contributed by atoms with Crippen LogP contribution >= 0.6 is 0 Å². The van der Waals surface area contributed by atoms with Gasteiger partial charge in [0.2, 0.25) is 10.0 Å². The first-order valence-corrected chi connectivity index (χ1v) is 9.28. The molecule has 8 heteroatoms. The summed E-state index contributed by atoms with van der Waals surface area (Å²) in [6.45, 7) is 0. The second-order valence-electron chi connectivity index (χ2n) is 6.08. The van der Waals surface area contributed by atoms with Gasteiger partial charge >= 0.3 is 11.9 Å². The van der Waals surface area contributed by atoms with Crippen molar-refractivity contribution in [1.82, 2.24) is 4.72 Å². The molecule has 0 spiro atoms. The monoisotopic (exact) mass is 355 g/mol. The van der Waals surface area contributed by atoms with Crippen LogP contribution in [0, 0.1) is 5.41 Å². The molecular weight excluding hydrogens is 334 g/mol. The Morgan fingerprint density at radius 1 is 1.29 bits per heavy atom. The van der Waals surface area contributed by atoms with E-state index in [1.165, 1.54) is 7.11 Å². The summed E-state index contributed by atoms with van der Waals surface area (Å²) in [5.41, 5.74) is -0.352. The van der Waals surface area contributed by atoms with E-state index in [-0.39, 0.29) is 6.42 Å². The van der Waals surface area contributed by atoms with Crippen molar-refractivity contribution in [3.63, 3.8) is 0 Å². The molecule has 24 heavy (non-hydrogen) atoms. The lowest BCUT2D eigenvalue weighted by Crippen LogP contribution is -2.50. The summed E-state index contributed by atoms with van der Waals surface area (Å²) in [6, 6.07) is 7.47. The highest BCUT2D eigenvalue weighted by molar-refractivity contribution is 7.89. The van der Waals surface area contributed by atoms with Gasteiger partial charge in [-0.15, -0.1) is 0 Å². The number of methoxy groups -OCH3 is 1. The highest BCUT2D eigenvalue weighted by Crippen LogP contribution is 2.43. The highest BCUT2D eigenvalue weighted by Gasteiger charge is 2.49. The van der Waals surface area contributed by atoms with E-state index in [2.05, 4.69) is 4.72 Å². The Labute approximate surface area is 141 Å². The molecule has 0 bridgehead atoms. The SMILES string of the molecule is COC(=O)C1(CS(=O)(=O)N[C@@H](Cc2ccccc2)C(=O)O)CCC1. The van der Waals surface area contributed by atoms with Crippen LogP contribution in [0.1, 0.15) is 24.8 Å². The maximum Gasteiger partial charge on any atom is 0.322 e. The normalized spacial score (nSPS) is 17.5. The minimum Gasteiger partial charge on any atom is -0.480 e. The van der Waals surface area contributed by atoms with Crippen LogP contribution in [0.2, 0.25) is 0 Å². The lowest BCUT2D eigenvalue weighted by molar-refractivity contribution is -0.156. The first kappa shape index (κ1) is 18.4. The van der Waals surface area contributed by atoms with Gasteiger partial charge in [-0.3, -0.25) is 9.59 Å². The molecule has 1 aliphatic rings. The van der Waals surface area contributed by atoms with E-state index in [1.54, 1.807) is 30.3 Å². The van der Waals surface area contributed by atoms with Crippen molar-refractivity contribution in [2.24, 2.45) is 5.41 Å². The molecule has 0 heterocycles. The minimum absolute atomic E-state index is 0.0284. The van der Waals surface area contributed by atoms with Crippen molar-refractivity contribution >= 4 is 22.0 Å². The first-order valence-electron chi connectivity index (χ1n) is 7.63. The number of esters is 1. The van der Waals surface area contributed by atoms with Crippen LogP contribution in [0.3, 0.4) is 0 Å². The van der Waals surface area contributed by atoms with Gasteiger partial charge in [0, 0.05) is 0 Å². The Hall–Kier alpha value is -1.93. The fourth-order valence-corrected chi connectivity index (χ4v) is 4.71. The molecule has 1 atom stereocenters. The van der Waals surface area contributed by atoms with Crippen LogP contribution < -0.4 is 4.72 Å². The molecule has 1 saturated carbocycles. The second kappa shape index (κ2) is 7.31. The topological polar surface area (TPSA) is 110 Å². The van der Waals surface area contributed by atoms with Crippen molar-refractivity contribution in [2.75, 3.05) is 12.9 Å². The average molecular weight is 355 g/mol. The molecule has 0 aromatic heterocycles. The predicted octanol–water partition coefficient (Wildman–Crippen LogP) is 0.945. The lowest BCUT2D eigenvalue weighted by atomic mass is 9.70. The standard InChI is InChI=1S/C16H21NO6S/c1-23-15(20)16(8-5-9-16)11-24(21,22)17-13(14(18)19)10-12-6-3-2-4-7-12/h2-4,6-7,13,17H,5,8-11H2,1H3,(H,18,19)/t13-/m0/s1. The van der Waals surface area contributed by atoms with E-state index in [0.717, 1.165) is 6.42 Å². The second-order valence-corrected chi connectivity index (χ2v) is 7.84. The lowest BCUT2D eigenvalue weighted by Gasteiger charge is -2.38. The van der Waals surface area contributed by atoms with Crippen LogP contribution in [0.4, 0.5) is 0 Å². The van der Waals surface area contributed by atoms with Crippen molar-refractivity contribution in [1.29, 1.82) is 0 Å². The van der Waals surface area contributed by atoms with E-state index < -0.39 is 39.2 Å². The Kier molecular flexibility index (Phi) is 5.61. The molecule has 0 radical (unpaired) electrons. The molecule has 2 rings (SSSR count). The number of carboxylic acids is 1. The predicted molar refractivity (Wildman–Crippen MR) is 86.8 cm³/mol. The highest BCUT2D eigenvalue weighted by atomic mass is 32.2. The first-order chi connectivity index (χ1) is 11.3. The molecule has 2 N–H and O–H groups in total. The number of hydrogen-bond acceptors (Lipinski definition) is 5. The number of carbonyl (C=O) groups excluding carboxylic acids is 1. The van der Waals surface area contributed by atoms with Gasteiger partial charge in [0.1, 0.15) is 6.04 Å². The fraction of sp³-hybridized carbons (Fsp3) is 0.500. The zero-order valence-electron chi connectivity index (χ0n) is 13.4. The van der Waals surface area contributed by atoms with Crippen molar-refractivity contribution in [3.05, 3.63) is 35.9 Å². The van der Waals surface area contributed by atoms with E-state index in [9.17, 15) is 23.1 Å². The quantitative estimate of drug-likeness (QED) is 0.672. The van der Waals surface area contributed by atoms with E-state index in [4.69, 9.17) is 4.74 Å². The maximum atomic E-state index is 12.4. The number of sulfonamides is 1. The van der Waals surface area contributed by atoms with Gasteiger partial charge in [-0.2, -0.15) is 0 Å². The molecule has 1 aromatic rings. The molecule has 1 aliphatic carbocycles. The van der Waals surface area contributed by atoms with E-state index in [0.29, 0.717) is 18.4 Å². The van der Waals surface area contributed by atoms with Crippen LogP contribution in [0.5, 0.6) is 0 Å². The van der Waals surface area contributed by atoms with Gasteiger partial charge in [0.05, 0.1) is 18.3 Å². The molecule has 132 valence electrons. The zero-order chi connectivity index (χ0) is 17.8. The summed E-state index contributed by atoms with van der Waals surface area (Å²) in [5.74, 6) is -2.28. The van der Waals surface area contributed by atoms with Crippen molar-refractivity contribution in [2.45, 2.75) is 31.7 Å². The van der Waals surface area contributed by atoms with Gasteiger partial charge in [-0.1, -0.05) is 36.8 Å². The summed E-state index contributed by atoms with van der Waals surface area (Å²) in [4.78, 5) is 23.3. The summed E-state index contributed by atoms with van der Waals surface area (Å²) >= 11 is 0. The third-order valence-corrected chi connectivity index (χ3v) is 5.87. The van der Waals surface area contributed by atoms with E-state index in [1.807, 2.05) is 0 Å². The summed E-state index contributed by atoms with van der Waals surface area (Å²) in [6.07, 6.45) is 1.63. The third kappa shape index (κ3) is 4.33. The summed E-state index contributed by atoms with van der Waals surface area (Å²) in [7, 11) is -2.73. The Balaban J connectivity index is 2.10. The Bertz CT molecular complexity index is 697. The van der Waals surface area contributed by atoms with Crippen LogP contribution in [-0.2, 0) is 30.8 Å². The molecule has 0 aliphatic heterocycles. The van der Waals surface area contributed by atoms with Crippen LogP contribution in [0.25, 0.3) is 0 Å². The minimum atomic E-state index is -3.95. The van der Waals surface area contributed by atoms with Crippen LogP contribution in [0.15, 0.2) is 30.3 Å². The molecule has 1 fully saturated rings. The number of rotatable bonds is 8. The molecule has 0 unspecified atom stereocenters. The smallest absolute Gasteiger partial charge is 0.322 e. The number of carbonyl (C=O) groups is 2. The van der Waals surface area contributed by atoms with E-state index >= 15 is 0 Å². The molecule has 7 nitrogen and oxygen atoms in total. The number of nitrogens with one attached hydrogen (secondary N) is 1. The fourth-order valence-electron chi connectivity index (χ4n) is 2.88. The molecule has 1 aromatic carbocycles. The number of carboxylic acid groups (broad SMARTS) is 1. The Morgan fingerprint density at radius 2 is 1.92 bits per heavy atom. The molecule has 0 amide bonds. The molecule has 0 saturated heterocycles. The van der Waals surface area contributed by atoms with Gasteiger partial charge in [-0.05, 0) is 24.8 Å². The van der Waals surface area contributed by atoms with Gasteiger partial charge < -0.3 is 9.84 Å². The van der Waals surface area contributed by atoms with Gasteiger partial charge in [-0.25, -0.2) is 13.1 Å². The van der Waals surface area contributed by atoms with Gasteiger partial charge in [0.25, 0.3) is 0 Å². The number of ether oxygens (including phenoxy) is 1. The molecular formula is C16H21NO6S. The summed E-state index contributed by atoms with van der Waals surface area (Å²) < 4.78 is 31.7. The van der Waals surface area contributed by atoms with Crippen molar-refractivity contribution < 1.29 is 27.9 Å². The van der Waals surface area contributed by atoms with Crippen molar-refractivity contribution in [3.8, 4) is 0 Å². The van der Waals surface area contributed by atoms with Gasteiger partial charge in [0.15, 0.2) is 0 Å². The maximum absolute atomic E-state index is 12.4. The largest absolute Gasteiger partial charge is 0.480 e. The average Bonchev–Trinajstić information content (AvgIpc) is 2.50. The Morgan fingerprint density at radius 3 is 2.38 bits per heavy atom. The van der Waals surface area contributed by atoms with Crippen LogP contribution in [-0.4, -0.2) is 44.4 Å². The number of benzene rings is 1.